The summed E-state index contributed by atoms with van der Waals surface area (Å²) >= 11 is 0. The number of hydrogen-bond acceptors (Lipinski definition) is 3. The van der Waals surface area contributed by atoms with Crippen LogP contribution in [-0.2, 0) is 12.3 Å². The molecule has 0 aromatic heterocycles. The Morgan fingerprint density at radius 3 is 0.909 bits per heavy atom. The van der Waals surface area contributed by atoms with Gasteiger partial charge < -0.3 is 12.3 Å². The van der Waals surface area contributed by atoms with Gasteiger partial charge in [-0.3, -0.25) is 0 Å². The minimum absolute atomic E-state index is 1.14. The predicted octanol–water partition coefficient (Wildman–Crippen LogP) is 7.02. The first-order chi connectivity index (χ1) is 15.9. The molecule has 1 aliphatic heterocycles. The first kappa shape index (κ1) is 23.6. The van der Waals surface area contributed by atoms with Gasteiger partial charge >= 0.3 is 25.7 Å². The molecule has 0 aliphatic carbocycles. The quantitative estimate of drug-likeness (QED) is 0.350. The van der Waals surface area contributed by atoms with Crippen molar-refractivity contribution in [3.63, 3.8) is 0 Å². The van der Waals surface area contributed by atoms with E-state index in [1.807, 2.05) is 54.6 Å². The molecule has 0 radical (unpaired) electrons. The van der Waals surface area contributed by atoms with Crippen molar-refractivity contribution in [2.24, 2.45) is 0 Å². The van der Waals surface area contributed by atoms with Crippen LogP contribution in [-0.4, -0.2) is 25.7 Å². The van der Waals surface area contributed by atoms with Gasteiger partial charge in [0, 0.05) is 0 Å². The van der Waals surface area contributed by atoms with Gasteiger partial charge in [-0.15, -0.1) is 0 Å². The highest BCUT2D eigenvalue weighted by molar-refractivity contribution is 6.98. The molecule has 1 heterocycles. The molecule has 0 spiro atoms. The van der Waals surface area contributed by atoms with Crippen LogP contribution in [0.25, 0.3) is 18.2 Å². The fraction of sp³-hybridized carbons (Fsp3) is 0.111. The van der Waals surface area contributed by atoms with Crippen LogP contribution in [0.4, 0.5) is 0 Å². The van der Waals surface area contributed by atoms with Gasteiger partial charge in [0.25, 0.3) is 0 Å². The molecule has 1 aliphatic rings. The van der Waals surface area contributed by atoms with E-state index in [4.69, 9.17) is 12.3 Å². The molecule has 6 heteroatoms. The second-order valence-electron chi connectivity index (χ2n) is 8.59. The maximum absolute atomic E-state index is 6.71. The van der Waals surface area contributed by atoms with E-state index < -0.39 is 25.7 Å². The van der Waals surface area contributed by atoms with Crippen molar-refractivity contribution in [1.82, 2.24) is 0 Å². The van der Waals surface area contributed by atoms with E-state index in [-0.39, 0.29) is 0 Å². The lowest BCUT2D eigenvalue weighted by molar-refractivity contribution is 0.250. The summed E-state index contributed by atoms with van der Waals surface area (Å²) in [4.78, 5) is 0. The van der Waals surface area contributed by atoms with Crippen LogP contribution in [0.3, 0.4) is 0 Å². The Balaban J connectivity index is 1.65. The van der Waals surface area contributed by atoms with E-state index >= 15 is 0 Å². The molecule has 3 nitrogen and oxygen atoms in total. The molecule has 1 fully saturated rings. The Hall–Kier alpha value is -2.59. The standard InChI is InChI=1S/C27H30O3Si3/c1-31(22-19-25-13-7-4-8-14-25)28-32(2,23-20-26-15-9-5-10-16-26)30-33(3,29-31)24-21-27-17-11-6-12-18-27/h4-24H,1-3H3/b22-19+,23-20+,24-21?. The SMILES string of the molecule is C[Si]1(C=Cc2ccccc2)O[Si](C)(/C=C/c2ccccc2)O[Si](C)(/C=C/c2ccccc2)O1. The molecule has 33 heavy (non-hydrogen) atoms. The third-order valence-corrected chi connectivity index (χ3v) is 17.4. The summed E-state index contributed by atoms with van der Waals surface area (Å²) in [7, 11) is -7.95. The van der Waals surface area contributed by atoms with Crippen LogP contribution < -0.4 is 0 Å². The molecular weight excluding hydrogens is 457 g/mol. The first-order valence-corrected chi connectivity index (χ1v) is 18.4. The summed E-state index contributed by atoms with van der Waals surface area (Å²) in [6.45, 7) is 6.37. The number of benzene rings is 3. The van der Waals surface area contributed by atoms with E-state index in [9.17, 15) is 0 Å². The van der Waals surface area contributed by atoms with E-state index in [1.165, 1.54) is 0 Å². The maximum Gasteiger partial charge on any atom is 0.344 e. The van der Waals surface area contributed by atoms with Gasteiger partial charge in [0.2, 0.25) is 0 Å². The van der Waals surface area contributed by atoms with Crippen LogP contribution in [0, 0.1) is 0 Å². The van der Waals surface area contributed by atoms with Gasteiger partial charge in [-0.05, 0) is 53.4 Å². The minimum atomic E-state index is -2.65. The largest absolute Gasteiger partial charge is 0.410 e. The molecule has 3 aromatic rings. The molecule has 3 aromatic carbocycles. The fourth-order valence-corrected chi connectivity index (χ4v) is 18.3. The first-order valence-electron chi connectivity index (χ1n) is 11.2. The molecule has 2 atom stereocenters. The van der Waals surface area contributed by atoms with Crippen molar-refractivity contribution < 1.29 is 12.3 Å². The second-order valence-corrected chi connectivity index (χ2v) is 18.1. The summed E-state index contributed by atoms with van der Waals surface area (Å²) < 4.78 is 20.1. The van der Waals surface area contributed by atoms with Crippen molar-refractivity contribution in [2.45, 2.75) is 19.6 Å². The Bertz CT molecular complexity index is 977. The fourth-order valence-electron chi connectivity index (χ4n) is 3.91. The molecular formula is C27H30O3Si3. The van der Waals surface area contributed by atoms with Gasteiger partial charge in [-0.2, -0.15) is 0 Å². The van der Waals surface area contributed by atoms with Crippen LogP contribution in [0.15, 0.2) is 108 Å². The summed E-state index contributed by atoms with van der Waals surface area (Å²) in [6.07, 6.45) is 6.34. The Kier molecular flexibility index (Phi) is 7.23. The molecule has 1 saturated heterocycles. The molecule has 4 rings (SSSR count). The van der Waals surface area contributed by atoms with Gasteiger partial charge in [0.1, 0.15) is 0 Å². The van der Waals surface area contributed by atoms with Crippen molar-refractivity contribution in [2.75, 3.05) is 0 Å². The minimum Gasteiger partial charge on any atom is -0.410 e. The molecule has 0 amide bonds. The van der Waals surface area contributed by atoms with Crippen LogP contribution in [0.5, 0.6) is 0 Å². The van der Waals surface area contributed by atoms with Gasteiger partial charge in [0.15, 0.2) is 0 Å². The van der Waals surface area contributed by atoms with Crippen molar-refractivity contribution in [1.29, 1.82) is 0 Å². The Labute approximate surface area is 200 Å². The van der Waals surface area contributed by atoms with Gasteiger partial charge in [0.05, 0.1) is 0 Å². The van der Waals surface area contributed by atoms with Crippen LogP contribution >= 0.6 is 0 Å². The Morgan fingerprint density at radius 2 is 0.667 bits per heavy atom. The third-order valence-electron chi connectivity index (χ3n) is 5.35. The molecule has 0 bridgehead atoms. The highest BCUT2D eigenvalue weighted by Gasteiger charge is 2.54. The van der Waals surface area contributed by atoms with E-state index in [1.54, 1.807) is 0 Å². The summed E-state index contributed by atoms with van der Waals surface area (Å²) in [5.41, 5.74) is 9.85. The van der Waals surface area contributed by atoms with Crippen molar-refractivity contribution >= 4 is 43.9 Å². The predicted molar refractivity (Wildman–Crippen MR) is 145 cm³/mol. The highest BCUT2D eigenvalue weighted by Crippen LogP contribution is 2.34. The molecule has 2 unspecified atom stereocenters. The molecule has 0 saturated carbocycles. The molecule has 0 N–H and O–H groups in total. The highest BCUT2D eigenvalue weighted by atomic mass is 28.5. The lowest BCUT2D eigenvalue weighted by Crippen LogP contribution is -2.66. The monoisotopic (exact) mass is 486 g/mol. The lowest BCUT2D eigenvalue weighted by Gasteiger charge is -2.47. The zero-order valence-electron chi connectivity index (χ0n) is 19.3. The number of rotatable bonds is 6. The topological polar surface area (TPSA) is 27.7 Å². The van der Waals surface area contributed by atoms with Gasteiger partial charge in [-0.25, -0.2) is 0 Å². The average molecular weight is 487 g/mol. The van der Waals surface area contributed by atoms with E-state index in [0.717, 1.165) is 16.7 Å². The van der Waals surface area contributed by atoms with Crippen LogP contribution in [0.1, 0.15) is 16.7 Å². The van der Waals surface area contributed by atoms with Gasteiger partial charge in [-0.1, -0.05) is 109 Å². The van der Waals surface area contributed by atoms with E-state index in [0.29, 0.717) is 0 Å². The zero-order valence-corrected chi connectivity index (χ0v) is 22.3. The summed E-state index contributed by atoms with van der Waals surface area (Å²) in [6, 6.07) is 30.8. The third kappa shape index (κ3) is 6.70. The van der Waals surface area contributed by atoms with E-state index in [2.05, 4.69) is 91.4 Å². The smallest absolute Gasteiger partial charge is 0.344 e. The zero-order chi connectivity index (χ0) is 23.2. The lowest BCUT2D eigenvalue weighted by atomic mass is 10.2. The van der Waals surface area contributed by atoms with Crippen molar-refractivity contribution in [3.05, 3.63) is 125 Å². The average Bonchev–Trinajstić information content (AvgIpc) is 2.82. The summed E-state index contributed by atoms with van der Waals surface area (Å²) in [5, 5.41) is 0. The number of hydrogen-bond donors (Lipinski definition) is 0. The molecule has 168 valence electrons. The maximum atomic E-state index is 6.71. The van der Waals surface area contributed by atoms with Crippen LogP contribution in [0.2, 0.25) is 19.6 Å². The summed E-state index contributed by atoms with van der Waals surface area (Å²) in [5.74, 6) is 0. The second kappa shape index (κ2) is 10.1. The van der Waals surface area contributed by atoms with Crippen molar-refractivity contribution in [3.8, 4) is 0 Å². The Morgan fingerprint density at radius 1 is 0.424 bits per heavy atom. The normalized spacial score (nSPS) is 28.1.